The van der Waals surface area contributed by atoms with Crippen LogP contribution in [-0.2, 0) is 19.1 Å². The van der Waals surface area contributed by atoms with Gasteiger partial charge in [0.2, 0.25) is 0 Å². The number of unbranched alkanes of at least 4 members (excludes halogenated alkanes) is 2. The van der Waals surface area contributed by atoms with Gasteiger partial charge in [-0.3, -0.25) is 0 Å². The quantitative estimate of drug-likeness (QED) is 0.361. The zero-order valence-electron chi connectivity index (χ0n) is 9.66. The predicted molar refractivity (Wildman–Crippen MR) is 60.8 cm³/mol. The first kappa shape index (κ1) is 14.4. The largest absolute Gasteiger partial charge is 0.463 e. The molecule has 0 radical (unpaired) electrons. The van der Waals surface area contributed by atoms with Gasteiger partial charge in [-0.1, -0.05) is 13.2 Å². The highest BCUT2D eigenvalue weighted by Crippen LogP contribution is 1.99. The summed E-state index contributed by atoms with van der Waals surface area (Å²) >= 11 is 0. The van der Waals surface area contributed by atoms with Gasteiger partial charge in [0.15, 0.2) is 0 Å². The van der Waals surface area contributed by atoms with Crippen molar-refractivity contribution in [2.75, 3.05) is 13.2 Å². The van der Waals surface area contributed by atoms with E-state index in [4.69, 9.17) is 9.47 Å². The summed E-state index contributed by atoms with van der Waals surface area (Å²) in [5, 5.41) is 0. The van der Waals surface area contributed by atoms with Gasteiger partial charge >= 0.3 is 11.9 Å². The third-order valence-corrected chi connectivity index (χ3v) is 1.78. The molecule has 0 bridgehead atoms. The minimum atomic E-state index is -0.409. The second-order valence-corrected chi connectivity index (χ2v) is 3.35. The van der Waals surface area contributed by atoms with Crippen LogP contribution in [0, 0.1) is 0 Å². The molecule has 0 heterocycles. The van der Waals surface area contributed by atoms with Crippen LogP contribution in [0.25, 0.3) is 0 Å². The van der Waals surface area contributed by atoms with Crippen LogP contribution in [-0.4, -0.2) is 25.2 Å². The highest BCUT2D eigenvalue weighted by atomic mass is 16.5. The van der Waals surface area contributed by atoms with Crippen molar-refractivity contribution >= 4 is 11.9 Å². The molecule has 4 heteroatoms. The molecule has 0 amide bonds. The smallest absolute Gasteiger partial charge is 0.333 e. The molecular weight excluding hydrogens is 208 g/mol. The Kier molecular flexibility index (Phi) is 7.85. The highest BCUT2D eigenvalue weighted by molar-refractivity contribution is 5.86. The fourth-order valence-corrected chi connectivity index (χ4v) is 0.901. The monoisotopic (exact) mass is 226 g/mol. The Morgan fingerprint density at radius 2 is 1.69 bits per heavy atom. The van der Waals surface area contributed by atoms with Gasteiger partial charge in [0.05, 0.1) is 13.2 Å². The standard InChI is InChI=1S/C12H18O4/c1-4-11(13)15-8-6-5-7-9-16-12(14)10(2)3/h4H,1-2,5-9H2,3H3. The summed E-state index contributed by atoms with van der Waals surface area (Å²) in [6.07, 6.45) is 3.48. The van der Waals surface area contributed by atoms with Crippen molar-refractivity contribution in [2.24, 2.45) is 0 Å². The maximum Gasteiger partial charge on any atom is 0.333 e. The summed E-state index contributed by atoms with van der Waals surface area (Å²) < 4.78 is 9.67. The van der Waals surface area contributed by atoms with Crippen molar-refractivity contribution in [1.29, 1.82) is 0 Å². The first-order valence-electron chi connectivity index (χ1n) is 5.19. The maximum atomic E-state index is 11.0. The van der Waals surface area contributed by atoms with Crippen molar-refractivity contribution in [3.05, 3.63) is 24.8 Å². The summed E-state index contributed by atoms with van der Waals surface area (Å²) in [6.45, 7) is 9.11. The first-order chi connectivity index (χ1) is 7.57. The molecule has 0 aromatic carbocycles. The molecular formula is C12H18O4. The summed E-state index contributed by atoms with van der Waals surface area (Å²) in [7, 11) is 0. The third kappa shape index (κ3) is 7.79. The molecule has 4 nitrogen and oxygen atoms in total. The Bertz CT molecular complexity index is 268. The fraction of sp³-hybridized carbons (Fsp3) is 0.500. The molecule has 0 aliphatic carbocycles. The molecule has 0 rings (SSSR count). The number of hydrogen-bond donors (Lipinski definition) is 0. The molecule has 0 aliphatic rings. The fourth-order valence-electron chi connectivity index (χ4n) is 0.901. The maximum absolute atomic E-state index is 11.0. The molecule has 0 N–H and O–H groups in total. The van der Waals surface area contributed by atoms with E-state index in [1.54, 1.807) is 6.92 Å². The topological polar surface area (TPSA) is 52.6 Å². The van der Waals surface area contributed by atoms with Gasteiger partial charge in [-0.2, -0.15) is 0 Å². The number of rotatable bonds is 8. The molecule has 0 saturated carbocycles. The lowest BCUT2D eigenvalue weighted by Gasteiger charge is -2.04. The van der Waals surface area contributed by atoms with Crippen LogP contribution >= 0.6 is 0 Å². The Labute approximate surface area is 95.9 Å². The van der Waals surface area contributed by atoms with Crippen LogP contribution in [0.5, 0.6) is 0 Å². The minimum absolute atomic E-state index is 0.363. The van der Waals surface area contributed by atoms with E-state index in [2.05, 4.69) is 13.2 Å². The van der Waals surface area contributed by atoms with Crippen LogP contribution in [0.3, 0.4) is 0 Å². The minimum Gasteiger partial charge on any atom is -0.463 e. The van der Waals surface area contributed by atoms with Gasteiger partial charge in [-0.15, -0.1) is 0 Å². The SMILES string of the molecule is C=CC(=O)OCCCCCOC(=O)C(=C)C. The molecule has 0 spiro atoms. The van der Waals surface area contributed by atoms with E-state index in [-0.39, 0.29) is 5.97 Å². The Hall–Kier alpha value is -1.58. The summed E-state index contributed by atoms with van der Waals surface area (Å²) in [5.41, 5.74) is 0.403. The molecule has 0 aromatic rings. The van der Waals surface area contributed by atoms with Crippen molar-refractivity contribution in [2.45, 2.75) is 26.2 Å². The molecule has 90 valence electrons. The summed E-state index contributed by atoms with van der Waals surface area (Å²) in [4.78, 5) is 21.6. The van der Waals surface area contributed by atoms with Gasteiger partial charge in [-0.25, -0.2) is 9.59 Å². The van der Waals surface area contributed by atoms with Crippen LogP contribution in [0.2, 0.25) is 0 Å². The molecule has 0 atom stereocenters. The Balaban J connectivity index is 3.28. The van der Waals surface area contributed by atoms with E-state index < -0.39 is 5.97 Å². The van der Waals surface area contributed by atoms with Crippen LogP contribution in [0.1, 0.15) is 26.2 Å². The van der Waals surface area contributed by atoms with E-state index in [1.165, 1.54) is 0 Å². The number of esters is 2. The lowest BCUT2D eigenvalue weighted by molar-refractivity contribution is -0.139. The second kappa shape index (κ2) is 8.71. The summed E-state index contributed by atoms with van der Waals surface area (Å²) in [6, 6.07) is 0. The zero-order valence-corrected chi connectivity index (χ0v) is 9.66. The zero-order chi connectivity index (χ0) is 12.4. The lowest BCUT2D eigenvalue weighted by atomic mass is 10.2. The van der Waals surface area contributed by atoms with Crippen molar-refractivity contribution < 1.29 is 19.1 Å². The molecule has 0 saturated heterocycles. The third-order valence-electron chi connectivity index (χ3n) is 1.78. The van der Waals surface area contributed by atoms with Crippen LogP contribution < -0.4 is 0 Å². The number of ether oxygens (including phenoxy) is 2. The van der Waals surface area contributed by atoms with Crippen LogP contribution in [0.4, 0.5) is 0 Å². The number of carbonyl (C=O) groups excluding carboxylic acids is 2. The average molecular weight is 226 g/mol. The number of hydrogen-bond acceptors (Lipinski definition) is 4. The lowest BCUT2D eigenvalue weighted by Crippen LogP contribution is -2.06. The van der Waals surface area contributed by atoms with E-state index in [0.717, 1.165) is 25.3 Å². The van der Waals surface area contributed by atoms with Gasteiger partial charge in [-0.05, 0) is 26.2 Å². The van der Waals surface area contributed by atoms with Crippen LogP contribution in [0.15, 0.2) is 24.8 Å². The van der Waals surface area contributed by atoms with E-state index in [1.807, 2.05) is 0 Å². The first-order valence-corrected chi connectivity index (χ1v) is 5.19. The van der Waals surface area contributed by atoms with Gasteiger partial charge in [0, 0.05) is 11.6 Å². The number of carbonyl (C=O) groups is 2. The highest BCUT2D eigenvalue weighted by Gasteiger charge is 2.01. The average Bonchev–Trinajstić information content (AvgIpc) is 2.26. The molecule has 16 heavy (non-hydrogen) atoms. The predicted octanol–water partition coefficient (Wildman–Crippen LogP) is 2.01. The van der Waals surface area contributed by atoms with E-state index in [9.17, 15) is 9.59 Å². The van der Waals surface area contributed by atoms with E-state index in [0.29, 0.717) is 18.8 Å². The second-order valence-electron chi connectivity index (χ2n) is 3.35. The molecule has 0 fully saturated rings. The normalized spacial score (nSPS) is 9.31. The molecule has 0 aliphatic heterocycles. The Morgan fingerprint density at radius 1 is 1.12 bits per heavy atom. The molecule has 0 aromatic heterocycles. The van der Waals surface area contributed by atoms with Gasteiger partial charge < -0.3 is 9.47 Å². The van der Waals surface area contributed by atoms with Gasteiger partial charge in [0.1, 0.15) is 0 Å². The van der Waals surface area contributed by atoms with E-state index >= 15 is 0 Å². The van der Waals surface area contributed by atoms with Crippen molar-refractivity contribution in [1.82, 2.24) is 0 Å². The summed E-state index contributed by atoms with van der Waals surface area (Å²) in [5.74, 6) is -0.771. The van der Waals surface area contributed by atoms with Crippen molar-refractivity contribution in [3.63, 3.8) is 0 Å². The van der Waals surface area contributed by atoms with Crippen molar-refractivity contribution in [3.8, 4) is 0 Å². The Morgan fingerprint density at radius 3 is 2.19 bits per heavy atom. The molecule has 0 unspecified atom stereocenters. The van der Waals surface area contributed by atoms with Gasteiger partial charge in [0.25, 0.3) is 0 Å².